The zero-order chi connectivity index (χ0) is 21.2. The van der Waals surface area contributed by atoms with Gasteiger partial charge in [0, 0.05) is 0 Å². The van der Waals surface area contributed by atoms with Crippen LogP contribution in [0.5, 0.6) is 0 Å². The van der Waals surface area contributed by atoms with Crippen LogP contribution in [0.4, 0.5) is 0 Å². The summed E-state index contributed by atoms with van der Waals surface area (Å²) in [6.45, 7) is 4.65. The minimum absolute atomic E-state index is 0.0358. The molecular weight excluding hydrogens is 362 g/mol. The van der Waals surface area contributed by atoms with Gasteiger partial charge in [0.2, 0.25) is 0 Å². The molecule has 30 heavy (non-hydrogen) atoms. The Morgan fingerprint density at radius 2 is 1.17 bits per heavy atom. The molecule has 0 aromatic rings. The van der Waals surface area contributed by atoms with Gasteiger partial charge in [-0.05, 0) is 81.0 Å². The summed E-state index contributed by atoms with van der Waals surface area (Å²) in [4.78, 5) is 0. The number of nitriles is 1. The Morgan fingerprint density at radius 1 is 0.633 bits per heavy atom. The van der Waals surface area contributed by atoms with Gasteiger partial charge < -0.3 is 0 Å². The van der Waals surface area contributed by atoms with Crippen molar-refractivity contribution in [3.05, 3.63) is 0 Å². The van der Waals surface area contributed by atoms with Crippen molar-refractivity contribution in [3.8, 4) is 6.07 Å². The summed E-state index contributed by atoms with van der Waals surface area (Å²) in [5.74, 6) is 4.88. The van der Waals surface area contributed by atoms with E-state index >= 15 is 0 Å². The molecule has 3 rings (SSSR count). The Hall–Kier alpha value is -0.510. The van der Waals surface area contributed by atoms with Crippen LogP contribution in [0.25, 0.3) is 0 Å². The van der Waals surface area contributed by atoms with Crippen LogP contribution in [-0.4, -0.2) is 0 Å². The van der Waals surface area contributed by atoms with Gasteiger partial charge in [0.25, 0.3) is 0 Å². The van der Waals surface area contributed by atoms with E-state index in [2.05, 4.69) is 19.9 Å². The molecule has 0 heterocycles. The van der Waals surface area contributed by atoms with Gasteiger partial charge >= 0.3 is 0 Å². The molecule has 172 valence electrons. The molecule has 0 aromatic heterocycles. The zero-order valence-electron chi connectivity index (χ0n) is 20.5. The first-order valence-electron chi connectivity index (χ1n) is 14.1. The molecule has 0 bridgehead atoms. The first kappa shape index (κ1) is 24.1. The van der Waals surface area contributed by atoms with Gasteiger partial charge in [-0.3, -0.25) is 0 Å². The average Bonchev–Trinajstić information content (AvgIpc) is 2.80. The molecule has 3 aliphatic rings. The Morgan fingerprint density at radius 3 is 1.73 bits per heavy atom. The Bertz CT molecular complexity index is 493. The van der Waals surface area contributed by atoms with Gasteiger partial charge in [0.05, 0.1) is 11.5 Å². The second-order valence-electron chi connectivity index (χ2n) is 11.7. The lowest BCUT2D eigenvalue weighted by molar-refractivity contribution is 0.109. The molecule has 1 heteroatoms. The number of nitrogens with zero attached hydrogens (tertiary/aromatic N) is 1. The minimum Gasteiger partial charge on any atom is -0.198 e. The Balaban J connectivity index is 1.36. The van der Waals surface area contributed by atoms with E-state index in [0.29, 0.717) is 0 Å². The van der Waals surface area contributed by atoms with Gasteiger partial charge in [0.15, 0.2) is 0 Å². The van der Waals surface area contributed by atoms with Crippen LogP contribution in [0.3, 0.4) is 0 Å². The van der Waals surface area contributed by atoms with Crippen molar-refractivity contribution in [2.75, 3.05) is 0 Å². The third-order valence-corrected chi connectivity index (χ3v) is 9.69. The molecule has 3 saturated carbocycles. The molecule has 0 spiro atoms. The van der Waals surface area contributed by atoms with Crippen molar-refractivity contribution in [1.29, 1.82) is 5.26 Å². The molecule has 0 N–H and O–H groups in total. The van der Waals surface area contributed by atoms with Crippen molar-refractivity contribution in [3.63, 3.8) is 0 Å². The second kappa shape index (κ2) is 12.5. The van der Waals surface area contributed by atoms with Gasteiger partial charge in [-0.1, -0.05) is 90.9 Å². The van der Waals surface area contributed by atoms with E-state index in [1.807, 2.05) is 0 Å². The van der Waals surface area contributed by atoms with Crippen LogP contribution < -0.4 is 0 Å². The van der Waals surface area contributed by atoms with Gasteiger partial charge in [-0.25, -0.2) is 0 Å². The fourth-order valence-corrected chi connectivity index (χ4v) is 7.41. The fourth-order valence-electron chi connectivity index (χ4n) is 7.41. The van der Waals surface area contributed by atoms with Gasteiger partial charge in [0.1, 0.15) is 0 Å². The summed E-state index contributed by atoms with van der Waals surface area (Å²) in [7, 11) is 0. The maximum absolute atomic E-state index is 10.1. The third kappa shape index (κ3) is 7.00. The van der Waals surface area contributed by atoms with Gasteiger partial charge in [-0.15, -0.1) is 0 Å². The smallest absolute Gasteiger partial charge is 0.0689 e. The quantitative estimate of drug-likeness (QED) is 0.327. The molecule has 1 nitrogen and oxygen atoms in total. The standard InChI is InChI=1S/C29H51N/c1-3-5-6-8-25-13-15-27(16-14-25)28-18-21-29(23-30,22-19-28)20-17-26-11-9-24(7-4-2)10-12-26/h24-28H,3-22H2,1-2H3. The normalized spacial score (nSPS) is 37.6. The second-order valence-corrected chi connectivity index (χ2v) is 11.7. The van der Waals surface area contributed by atoms with E-state index in [1.165, 1.54) is 128 Å². The van der Waals surface area contributed by atoms with Crippen LogP contribution in [0.15, 0.2) is 0 Å². The Labute approximate surface area is 188 Å². The summed E-state index contributed by atoms with van der Waals surface area (Å²) in [5.41, 5.74) is 0.0358. The lowest BCUT2D eigenvalue weighted by Gasteiger charge is -2.41. The highest BCUT2D eigenvalue weighted by atomic mass is 14.5. The number of rotatable bonds is 10. The van der Waals surface area contributed by atoms with Crippen molar-refractivity contribution in [1.82, 2.24) is 0 Å². The topological polar surface area (TPSA) is 23.8 Å². The lowest BCUT2D eigenvalue weighted by atomic mass is 9.63. The van der Waals surface area contributed by atoms with E-state index in [0.717, 1.165) is 29.6 Å². The van der Waals surface area contributed by atoms with Crippen LogP contribution in [-0.2, 0) is 0 Å². The number of hydrogen-bond donors (Lipinski definition) is 0. The molecule has 3 fully saturated rings. The molecular formula is C29H51N. The van der Waals surface area contributed by atoms with Crippen molar-refractivity contribution < 1.29 is 0 Å². The SMILES string of the molecule is CCCCCC1CCC(C2CCC(C#N)(CCC3CCC(CCC)CC3)CC2)CC1. The fraction of sp³-hybridized carbons (Fsp3) is 0.966. The van der Waals surface area contributed by atoms with Gasteiger partial charge in [-0.2, -0.15) is 5.26 Å². The highest BCUT2D eigenvalue weighted by molar-refractivity contribution is 5.02. The first-order valence-corrected chi connectivity index (χ1v) is 14.1. The maximum atomic E-state index is 10.1. The van der Waals surface area contributed by atoms with Crippen LogP contribution >= 0.6 is 0 Å². The first-order chi connectivity index (χ1) is 14.7. The molecule has 0 radical (unpaired) electrons. The molecule has 0 aromatic carbocycles. The molecule has 0 amide bonds. The van der Waals surface area contributed by atoms with E-state index in [1.54, 1.807) is 0 Å². The largest absolute Gasteiger partial charge is 0.198 e. The van der Waals surface area contributed by atoms with Crippen molar-refractivity contribution in [2.45, 2.75) is 142 Å². The summed E-state index contributed by atoms with van der Waals surface area (Å²) in [6.07, 6.45) is 27.9. The summed E-state index contributed by atoms with van der Waals surface area (Å²) < 4.78 is 0. The number of hydrogen-bond acceptors (Lipinski definition) is 1. The average molecular weight is 414 g/mol. The zero-order valence-corrected chi connectivity index (χ0v) is 20.5. The summed E-state index contributed by atoms with van der Waals surface area (Å²) in [5, 5.41) is 10.1. The predicted octanol–water partition coefficient (Wildman–Crippen LogP) is 9.46. The highest BCUT2D eigenvalue weighted by Gasteiger charge is 2.39. The molecule has 0 unspecified atom stereocenters. The monoisotopic (exact) mass is 413 g/mol. The van der Waals surface area contributed by atoms with Crippen LogP contribution in [0.1, 0.15) is 142 Å². The molecule has 0 saturated heterocycles. The van der Waals surface area contributed by atoms with Crippen LogP contribution in [0, 0.1) is 46.3 Å². The third-order valence-electron chi connectivity index (χ3n) is 9.69. The van der Waals surface area contributed by atoms with Crippen molar-refractivity contribution >= 4 is 0 Å². The number of unbranched alkanes of at least 4 members (excludes halogenated alkanes) is 2. The Kier molecular flexibility index (Phi) is 10.1. The molecule has 0 atom stereocenters. The van der Waals surface area contributed by atoms with Crippen molar-refractivity contribution in [2.24, 2.45) is 35.0 Å². The van der Waals surface area contributed by atoms with E-state index in [-0.39, 0.29) is 5.41 Å². The maximum Gasteiger partial charge on any atom is 0.0689 e. The van der Waals surface area contributed by atoms with E-state index < -0.39 is 0 Å². The van der Waals surface area contributed by atoms with E-state index in [4.69, 9.17) is 0 Å². The summed E-state index contributed by atoms with van der Waals surface area (Å²) in [6, 6.07) is 2.85. The van der Waals surface area contributed by atoms with Crippen LogP contribution in [0.2, 0.25) is 0 Å². The summed E-state index contributed by atoms with van der Waals surface area (Å²) >= 11 is 0. The predicted molar refractivity (Wildman–Crippen MR) is 129 cm³/mol. The van der Waals surface area contributed by atoms with E-state index in [9.17, 15) is 5.26 Å². The molecule has 3 aliphatic carbocycles. The molecule has 0 aliphatic heterocycles. The minimum atomic E-state index is 0.0358. The highest BCUT2D eigenvalue weighted by Crippen LogP contribution is 2.48. The lowest BCUT2D eigenvalue weighted by Crippen LogP contribution is -2.31.